The van der Waals surface area contributed by atoms with Gasteiger partial charge in [-0.2, -0.15) is 0 Å². The summed E-state index contributed by atoms with van der Waals surface area (Å²) >= 11 is 5.38. The molecule has 5 nitrogen and oxygen atoms in total. The molecule has 0 radical (unpaired) electrons. The minimum atomic E-state index is -3.10. The molecular formula is C12H18Cl2N2O3S. The van der Waals surface area contributed by atoms with E-state index in [1.807, 2.05) is 0 Å². The number of halogens is 2. The van der Waals surface area contributed by atoms with Gasteiger partial charge in [-0.25, -0.2) is 8.42 Å². The van der Waals surface area contributed by atoms with E-state index in [-0.39, 0.29) is 35.7 Å². The van der Waals surface area contributed by atoms with Gasteiger partial charge in [0.05, 0.1) is 11.5 Å². The molecule has 1 aromatic rings. The number of rotatable bonds is 7. The molecule has 0 unspecified atom stereocenters. The van der Waals surface area contributed by atoms with Crippen molar-refractivity contribution in [3.05, 3.63) is 29.8 Å². The van der Waals surface area contributed by atoms with Crippen LogP contribution in [0.25, 0.3) is 0 Å². The van der Waals surface area contributed by atoms with Gasteiger partial charge in [0.15, 0.2) is 9.84 Å². The van der Waals surface area contributed by atoms with Crippen LogP contribution in [0.4, 0.5) is 5.69 Å². The van der Waals surface area contributed by atoms with Crippen molar-refractivity contribution in [1.82, 2.24) is 5.32 Å². The average Bonchev–Trinajstić information content (AvgIpc) is 2.34. The monoisotopic (exact) mass is 340 g/mol. The molecule has 1 rings (SSSR count). The maximum atomic E-state index is 11.7. The number of anilines is 1. The molecular weight excluding hydrogens is 323 g/mol. The Hall–Kier alpha value is -0.980. The highest BCUT2D eigenvalue weighted by Gasteiger charge is 2.10. The van der Waals surface area contributed by atoms with Crippen molar-refractivity contribution in [2.75, 3.05) is 29.7 Å². The van der Waals surface area contributed by atoms with E-state index in [9.17, 15) is 13.2 Å². The van der Waals surface area contributed by atoms with E-state index in [0.717, 1.165) is 0 Å². The Morgan fingerprint density at radius 2 is 2.00 bits per heavy atom. The summed E-state index contributed by atoms with van der Waals surface area (Å²) in [4.78, 5) is 11.7. The normalized spacial score (nSPS) is 10.7. The minimum Gasteiger partial charge on any atom is -0.399 e. The molecule has 0 aliphatic heterocycles. The number of carbonyl (C=O) groups is 1. The number of hydrogen-bond donors (Lipinski definition) is 2. The molecule has 1 aromatic carbocycles. The van der Waals surface area contributed by atoms with E-state index in [4.69, 9.17) is 17.3 Å². The Bertz CT molecular complexity index is 535. The first-order chi connectivity index (χ1) is 8.94. The summed E-state index contributed by atoms with van der Waals surface area (Å²) in [6.45, 7) is 0.301. The van der Waals surface area contributed by atoms with Crippen LogP contribution >= 0.6 is 24.0 Å². The maximum absolute atomic E-state index is 11.7. The van der Waals surface area contributed by atoms with Crippen LogP contribution in [0.2, 0.25) is 0 Å². The quantitative estimate of drug-likeness (QED) is 0.446. The standard InChI is InChI=1S/C12H17ClN2O3S.ClH/c13-5-8-19(17,18)7-2-6-15-12(16)10-3-1-4-11(14)9-10;/h1,3-4,9H,2,5-8,14H2,(H,15,16);1H. The Morgan fingerprint density at radius 3 is 2.60 bits per heavy atom. The molecule has 0 atom stereocenters. The Labute approximate surface area is 130 Å². The first kappa shape index (κ1) is 19.0. The molecule has 3 N–H and O–H groups in total. The van der Waals surface area contributed by atoms with Crippen molar-refractivity contribution in [2.45, 2.75) is 6.42 Å². The predicted octanol–water partition coefficient (Wildman–Crippen LogP) is 1.46. The SMILES string of the molecule is Cl.Nc1cccc(C(=O)NCCCS(=O)(=O)CCCl)c1. The summed E-state index contributed by atoms with van der Waals surface area (Å²) in [5.74, 6) is -0.172. The largest absolute Gasteiger partial charge is 0.399 e. The zero-order chi connectivity index (χ0) is 14.3. The molecule has 8 heteroatoms. The van der Waals surface area contributed by atoms with E-state index < -0.39 is 9.84 Å². The molecule has 0 aliphatic carbocycles. The summed E-state index contributed by atoms with van der Waals surface area (Å²) in [5.41, 5.74) is 6.54. The fourth-order valence-corrected chi connectivity index (χ4v) is 3.22. The number of carbonyl (C=O) groups excluding carboxylic acids is 1. The maximum Gasteiger partial charge on any atom is 0.251 e. The number of sulfone groups is 1. The molecule has 1 amide bonds. The van der Waals surface area contributed by atoms with Gasteiger partial charge in [0.1, 0.15) is 0 Å². The second-order valence-corrected chi connectivity index (χ2v) is 6.76. The van der Waals surface area contributed by atoms with Gasteiger partial charge in [0.25, 0.3) is 5.91 Å². The van der Waals surface area contributed by atoms with Gasteiger partial charge in [-0.05, 0) is 24.6 Å². The van der Waals surface area contributed by atoms with Crippen molar-refractivity contribution in [1.29, 1.82) is 0 Å². The first-order valence-electron chi connectivity index (χ1n) is 5.85. The second kappa shape index (κ2) is 9.05. The summed E-state index contributed by atoms with van der Waals surface area (Å²) in [7, 11) is -3.10. The van der Waals surface area contributed by atoms with Crippen LogP contribution in [0.15, 0.2) is 24.3 Å². The van der Waals surface area contributed by atoms with Crippen LogP contribution in [0.3, 0.4) is 0 Å². The van der Waals surface area contributed by atoms with Gasteiger partial charge in [-0.15, -0.1) is 24.0 Å². The molecule has 0 bridgehead atoms. The third-order valence-corrected chi connectivity index (χ3v) is 4.60. The van der Waals surface area contributed by atoms with Gasteiger partial charge in [0.2, 0.25) is 0 Å². The third-order valence-electron chi connectivity index (χ3n) is 2.45. The van der Waals surface area contributed by atoms with E-state index in [2.05, 4.69) is 5.32 Å². The van der Waals surface area contributed by atoms with Gasteiger partial charge in [-0.1, -0.05) is 6.07 Å². The van der Waals surface area contributed by atoms with Crippen LogP contribution in [0.5, 0.6) is 0 Å². The summed E-state index contributed by atoms with van der Waals surface area (Å²) in [6.07, 6.45) is 0.368. The molecule has 20 heavy (non-hydrogen) atoms. The van der Waals surface area contributed by atoms with Gasteiger partial charge < -0.3 is 11.1 Å². The number of amides is 1. The molecule has 0 spiro atoms. The fourth-order valence-electron chi connectivity index (χ4n) is 1.50. The number of nitrogen functional groups attached to an aromatic ring is 1. The zero-order valence-electron chi connectivity index (χ0n) is 10.8. The Kier molecular flexibility index (Phi) is 8.60. The molecule has 0 saturated carbocycles. The molecule has 0 aliphatic rings. The molecule has 0 saturated heterocycles. The highest BCUT2D eigenvalue weighted by molar-refractivity contribution is 7.91. The lowest BCUT2D eigenvalue weighted by molar-refractivity contribution is 0.0953. The fraction of sp³-hybridized carbons (Fsp3) is 0.417. The lowest BCUT2D eigenvalue weighted by Crippen LogP contribution is -2.26. The lowest BCUT2D eigenvalue weighted by Gasteiger charge is -2.06. The zero-order valence-corrected chi connectivity index (χ0v) is 13.2. The second-order valence-electron chi connectivity index (χ2n) is 4.08. The van der Waals surface area contributed by atoms with E-state index >= 15 is 0 Å². The van der Waals surface area contributed by atoms with Crippen LogP contribution in [-0.4, -0.2) is 38.3 Å². The topological polar surface area (TPSA) is 89.3 Å². The first-order valence-corrected chi connectivity index (χ1v) is 8.20. The molecule has 0 aromatic heterocycles. The van der Waals surface area contributed by atoms with Crippen LogP contribution < -0.4 is 11.1 Å². The predicted molar refractivity (Wildman–Crippen MR) is 84.4 cm³/mol. The molecule has 0 heterocycles. The van der Waals surface area contributed by atoms with Crippen molar-refractivity contribution in [3.63, 3.8) is 0 Å². The number of nitrogens with one attached hydrogen (secondary N) is 1. The van der Waals surface area contributed by atoms with Gasteiger partial charge in [-0.3, -0.25) is 4.79 Å². The van der Waals surface area contributed by atoms with Crippen molar-refractivity contribution in [2.24, 2.45) is 0 Å². The van der Waals surface area contributed by atoms with E-state index in [1.165, 1.54) is 0 Å². The smallest absolute Gasteiger partial charge is 0.251 e. The summed E-state index contributed by atoms with van der Waals surface area (Å²) in [5, 5.41) is 2.65. The molecule has 0 fully saturated rings. The highest BCUT2D eigenvalue weighted by Crippen LogP contribution is 2.06. The number of hydrogen-bond acceptors (Lipinski definition) is 4. The van der Waals surface area contributed by atoms with Crippen molar-refractivity contribution < 1.29 is 13.2 Å². The number of nitrogens with two attached hydrogens (primary N) is 1. The van der Waals surface area contributed by atoms with Crippen molar-refractivity contribution >= 4 is 45.4 Å². The van der Waals surface area contributed by atoms with Gasteiger partial charge >= 0.3 is 0 Å². The number of benzene rings is 1. The average molecular weight is 341 g/mol. The minimum absolute atomic E-state index is 0. The lowest BCUT2D eigenvalue weighted by atomic mass is 10.2. The third kappa shape index (κ3) is 6.98. The highest BCUT2D eigenvalue weighted by atomic mass is 35.5. The van der Waals surface area contributed by atoms with Crippen LogP contribution in [-0.2, 0) is 9.84 Å². The van der Waals surface area contributed by atoms with Gasteiger partial charge in [0, 0.05) is 23.7 Å². The van der Waals surface area contributed by atoms with Crippen LogP contribution in [0, 0.1) is 0 Å². The Morgan fingerprint density at radius 1 is 1.30 bits per heavy atom. The summed E-state index contributed by atoms with van der Waals surface area (Å²) in [6, 6.07) is 6.60. The number of alkyl halides is 1. The van der Waals surface area contributed by atoms with Crippen LogP contribution in [0.1, 0.15) is 16.8 Å². The van der Waals surface area contributed by atoms with E-state index in [1.54, 1.807) is 24.3 Å². The van der Waals surface area contributed by atoms with E-state index in [0.29, 0.717) is 24.2 Å². The Balaban J connectivity index is 0.00000361. The summed E-state index contributed by atoms with van der Waals surface area (Å²) < 4.78 is 22.8. The van der Waals surface area contributed by atoms with Crippen molar-refractivity contribution in [3.8, 4) is 0 Å². The molecule has 114 valence electrons.